The first-order valence-corrected chi connectivity index (χ1v) is 6.24. The highest BCUT2D eigenvalue weighted by Gasteiger charge is 2.11. The molecule has 4 nitrogen and oxygen atoms in total. The van der Waals surface area contributed by atoms with Gasteiger partial charge in [-0.05, 0) is 19.1 Å². The average Bonchev–Trinajstić information content (AvgIpc) is 2.77. The lowest BCUT2D eigenvalue weighted by Gasteiger charge is -2.08. The highest BCUT2D eigenvalue weighted by atomic mass is 16.1. The molecule has 0 bridgehead atoms. The van der Waals surface area contributed by atoms with E-state index < -0.39 is 0 Å². The molecule has 1 aromatic heterocycles. The van der Waals surface area contributed by atoms with Crippen LogP contribution in [0.5, 0.6) is 0 Å². The normalized spacial score (nSPS) is 11.4. The first-order chi connectivity index (χ1) is 9.49. The van der Waals surface area contributed by atoms with Crippen LogP contribution in [-0.4, -0.2) is 16.7 Å². The molecule has 1 aromatic carbocycles. The van der Waals surface area contributed by atoms with Gasteiger partial charge >= 0.3 is 0 Å². The molecule has 2 N–H and O–H groups in total. The van der Waals surface area contributed by atoms with Crippen molar-refractivity contribution in [3.63, 3.8) is 0 Å². The zero-order valence-electron chi connectivity index (χ0n) is 11.5. The van der Waals surface area contributed by atoms with Crippen molar-refractivity contribution < 1.29 is 9.59 Å². The van der Waals surface area contributed by atoms with Crippen LogP contribution in [0, 0.1) is 0 Å². The minimum atomic E-state index is -0.249. The van der Waals surface area contributed by atoms with Gasteiger partial charge in [-0.25, -0.2) is 0 Å². The molecule has 0 aliphatic heterocycles. The summed E-state index contributed by atoms with van der Waals surface area (Å²) in [6.07, 6.45) is 3.56. The van der Waals surface area contributed by atoms with Crippen molar-refractivity contribution in [2.45, 2.75) is 13.8 Å². The molecule has 0 spiro atoms. The van der Waals surface area contributed by atoms with E-state index in [4.69, 9.17) is 0 Å². The van der Waals surface area contributed by atoms with Gasteiger partial charge in [0.05, 0.1) is 0 Å². The van der Waals surface area contributed by atoms with Gasteiger partial charge in [0.25, 0.3) is 0 Å². The summed E-state index contributed by atoms with van der Waals surface area (Å²) in [5, 5.41) is 3.57. The molecule has 4 heteroatoms. The number of para-hydroxylation sites is 1. The highest BCUT2D eigenvalue weighted by Crippen LogP contribution is 2.22. The highest BCUT2D eigenvalue weighted by molar-refractivity contribution is 6.04. The molecule has 0 saturated heterocycles. The Labute approximate surface area is 117 Å². The Morgan fingerprint density at radius 3 is 2.60 bits per heavy atom. The van der Waals surface area contributed by atoms with Gasteiger partial charge in [-0.2, -0.15) is 0 Å². The average molecular weight is 268 g/mol. The number of hydrogen-bond acceptors (Lipinski definition) is 2. The van der Waals surface area contributed by atoms with E-state index in [1.54, 1.807) is 6.08 Å². The van der Waals surface area contributed by atoms with Gasteiger partial charge in [0.2, 0.25) is 5.91 Å². The third kappa shape index (κ3) is 2.85. The predicted molar refractivity (Wildman–Crippen MR) is 79.9 cm³/mol. The summed E-state index contributed by atoms with van der Waals surface area (Å²) in [4.78, 5) is 26.0. The molecule has 0 aliphatic rings. The molecule has 1 heterocycles. The lowest BCUT2D eigenvalue weighted by atomic mass is 10.0. The predicted octanol–water partition coefficient (Wildman–Crippen LogP) is 2.79. The Hall–Kier alpha value is -2.62. The van der Waals surface area contributed by atoms with Crippen molar-refractivity contribution in [2.75, 3.05) is 0 Å². The van der Waals surface area contributed by atoms with Crippen LogP contribution in [0.25, 0.3) is 17.0 Å². The van der Waals surface area contributed by atoms with Gasteiger partial charge in [-0.15, -0.1) is 0 Å². The number of carbonyl (C=O) groups is 2. The van der Waals surface area contributed by atoms with Crippen molar-refractivity contribution in [2.24, 2.45) is 0 Å². The first kappa shape index (κ1) is 13.8. The fourth-order valence-electron chi connectivity index (χ4n) is 2.05. The van der Waals surface area contributed by atoms with E-state index in [1.807, 2.05) is 30.5 Å². The van der Waals surface area contributed by atoms with Gasteiger partial charge in [0.1, 0.15) is 0 Å². The molecule has 0 unspecified atom stereocenters. The zero-order chi connectivity index (χ0) is 14.7. The number of benzene rings is 1. The number of hydrogen-bond donors (Lipinski definition) is 2. The molecule has 20 heavy (non-hydrogen) atoms. The van der Waals surface area contributed by atoms with Gasteiger partial charge < -0.3 is 10.3 Å². The van der Waals surface area contributed by atoms with E-state index in [0.29, 0.717) is 11.3 Å². The second kappa shape index (κ2) is 5.57. The number of amides is 1. The lowest BCUT2D eigenvalue weighted by molar-refractivity contribution is -0.118. The molecule has 2 aromatic rings. The summed E-state index contributed by atoms with van der Waals surface area (Å²) in [5.74, 6) is -0.393. The van der Waals surface area contributed by atoms with E-state index in [0.717, 1.165) is 16.5 Å². The summed E-state index contributed by atoms with van der Waals surface area (Å²) in [5.41, 5.74) is 2.59. The van der Waals surface area contributed by atoms with Gasteiger partial charge in [0, 0.05) is 40.9 Å². The molecule has 102 valence electrons. The van der Waals surface area contributed by atoms with Crippen LogP contribution in [0.4, 0.5) is 0 Å². The van der Waals surface area contributed by atoms with Gasteiger partial charge in [0.15, 0.2) is 5.78 Å². The van der Waals surface area contributed by atoms with E-state index in [-0.39, 0.29) is 11.7 Å². The topological polar surface area (TPSA) is 62.0 Å². The Morgan fingerprint density at radius 2 is 1.95 bits per heavy atom. The van der Waals surface area contributed by atoms with Crippen LogP contribution in [0.1, 0.15) is 19.4 Å². The molecule has 1 amide bonds. The van der Waals surface area contributed by atoms with Crippen LogP contribution < -0.4 is 5.32 Å². The quantitative estimate of drug-likeness (QED) is 0.661. The molecule has 0 aliphatic carbocycles. The smallest absolute Gasteiger partial charge is 0.221 e. The standard InChI is InChI=1S/C16H16N2O2/c1-10(18-12(3)20)15(11(2)19)8-13-9-17-16-7-5-4-6-14(13)16/h4-9,17H,1H2,2-3H3,(H,18,20)/b15-8-. The number of rotatable bonds is 4. The number of aromatic nitrogens is 1. The van der Waals surface area contributed by atoms with Crippen LogP contribution in [0.2, 0.25) is 0 Å². The summed E-state index contributed by atoms with van der Waals surface area (Å²) in [6, 6.07) is 7.80. The number of ketones is 1. The third-order valence-electron chi connectivity index (χ3n) is 2.95. The van der Waals surface area contributed by atoms with Crippen LogP contribution in [0.3, 0.4) is 0 Å². The fraction of sp³-hybridized carbons (Fsp3) is 0.125. The van der Waals surface area contributed by atoms with Crippen molar-refractivity contribution in [1.29, 1.82) is 0 Å². The number of H-pyrrole nitrogens is 1. The molecule has 0 radical (unpaired) electrons. The monoisotopic (exact) mass is 268 g/mol. The molecule has 0 saturated carbocycles. The first-order valence-electron chi connectivity index (χ1n) is 6.24. The molecule has 2 rings (SSSR count). The second-order valence-corrected chi connectivity index (χ2v) is 4.56. The Morgan fingerprint density at radius 1 is 1.25 bits per heavy atom. The maximum atomic E-state index is 11.7. The molecular weight excluding hydrogens is 252 g/mol. The largest absolute Gasteiger partial charge is 0.361 e. The number of fused-ring (bicyclic) bond motifs is 1. The van der Waals surface area contributed by atoms with E-state index in [9.17, 15) is 9.59 Å². The number of Topliss-reactive ketones (excluding diaryl/α,β-unsaturated/α-hetero) is 1. The minimum absolute atomic E-state index is 0.144. The van der Waals surface area contributed by atoms with Crippen LogP contribution in [0.15, 0.2) is 48.3 Å². The lowest BCUT2D eigenvalue weighted by Crippen LogP contribution is -2.21. The van der Waals surface area contributed by atoms with E-state index in [2.05, 4.69) is 16.9 Å². The summed E-state index contributed by atoms with van der Waals surface area (Å²) in [6.45, 7) is 6.58. The maximum Gasteiger partial charge on any atom is 0.221 e. The summed E-state index contributed by atoms with van der Waals surface area (Å²) >= 11 is 0. The van der Waals surface area contributed by atoms with E-state index in [1.165, 1.54) is 13.8 Å². The number of aromatic amines is 1. The summed E-state index contributed by atoms with van der Waals surface area (Å²) in [7, 11) is 0. The maximum absolute atomic E-state index is 11.7. The number of carbonyl (C=O) groups excluding carboxylic acids is 2. The van der Waals surface area contributed by atoms with Crippen LogP contribution in [-0.2, 0) is 9.59 Å². The Balaban J connectivity index is 2.46. The van der Waals surface area contributed by atoms with Crippen LogP contribution >= 0.6 is 0 Å². The fourth-order valence-corrected chi connectivity index (χ4v) is 2.05. The molecule has 0 atom stereocenters. The van der Waals surface area contributed by atoms with Crippen molar-refractivity contribution in [3.8, 4) is 0 Å². The Kier molecular flexibility index (Phi) is 3.84. The Bertz CT molecular complexity index is 723. The summed E-state index contributed by atoms with van der Waals surface area (Å²) < 4.78 is 0. The van der Waals surface area contributed by atoms with Gasteiger partial charge in [-0.1, -0.05) is 24.8 Å². The zero-order valence-corrected chi connectivity index (χ0v) is 11.5. The second-order valence-electron chi connectivity index (χ2n) is 4.56. The third-order valence-corrected chi connectivity index (χ3v) is 2.95. The van der Waals surface area contributed by atoms with Crippen molar-refractivity contribution >= 4 is 28.7 Å². The number of nitrogens with one attached hydrogen (secondary N) is 2. The van der Waals surface area contributed by atoms with Crippen molar-refractivity contribution in [3.05, 3.63) is 53.9 Å². The SMILES string of the molecule is C=C(NC(C)=O)/C(=C/c1c[nH]c2ccccc12)C(C)=O. The number of allylic oxidation sites excluding steroid dienone is 1. The van der Waals surface area contributed by atoms with E-state index >= 15 is 0 Å². The van der Waals surface area contributed by atoms with Crippen molar-refractivity contribution in [1.82, 2.24) is 10.3 Å². The minimum Gasteiger partial charge on any atom is -0.361 e. The van der Waals surface area contributed by atoms with Gasteiger partial charge in [-0.3, -0.25) is 9.59 Å². The molecular formula is C16H16N2O2. The molecule has 0 fully saturated rings.